The Morgan fingerprint density at radius 1 is 1.23 bits per heavy atom. The highest BCUT2D eigenvalue weighted by Gasteiger charge is 2.47. The van der Waals surface area contributed by atoms with Gasteiger partial charge in [-0.2, -0.15) is 14.6 Å². The van der Waals surface area contributed by atoms with Crippen LogP contribution in [0.5, 0.6) is 0 Å². The predicted octanol–water partition coefficient (Wildman–Crippen LogP) is -1.13. The molecule has 1 saturated carbocycles. The Morgan fingerprint density at radius 2 is 1.94 bits per heavy atom. The Balaban J connectivity index is 1.58. The third-order valence-electron chi connectivity index (χ3n) is 4.91. The minimum atomic E-state index is -4.85. The highest BCUT2D eigenvalue weighted by Crippen LogP contribution is 2.38. The molecule has 31 heavy (non-hydrogen) atoms. The van der Waals surface area contributed by atoms with E-state index >= 15 is 0 Å². The number of aliphatic hydroxyl groups is 2. The molecule has 2 fully saturated rings. The molecule has 5 N–H and O–H groups in total. The van der Waals surface area contributed by atoms with E-state index in [2.05, 4.69) is 25.6 Å². The normalized spacial score (nSPS) is 27.1. The topological polar surface area (TPSA) is 210 Å². The van der Waals surface area contributed by atoms with E-state index in [-0.39, 0.29) is 16.4 Å². The second kappa shape index (κ2) is 8.15. The van der Waals surface area contributed by atoms with E-state index in [1.807, 2.05) is 0 Å². The number of fused-ring (bicyclic) bond motifs is 1. The number of aromatic nitrogens is 5. The maximum atomic E-state index is 12.0. The predicted molar refractivity (Wildman–Crippen MR) is 106 cm³/mol. The van der Waals surface area contributed by atoms with Crippen molar-refractivity contribution in [3.8, 4) is 0 Å². The van der Waals surface area contributed by atoms with E-state index in [1.54, 1.807) is 0 Å². The fraction of sp³-hybridized carbons (Fsp3) is 0.714. The van der Waals surface area contributed by atoms with Crippen LogP contribution in [0, 0.1) is 5.92 Å². The maximum Gasteiger partial charge on any atom is 0.340 e. The van der Waals surface area contributed by atoms with Crippen molar-refractivity contribution in [2.45, 2.75) is 37.4 Å². The minimum Gasteiger partial charge on any atom is -0.387 e. The van der Waals surface area contributed by atoms with Gasteiger partial charge in [-0.15, -0.1) is 5.10 Å². The maximum absolute atomic E-state index is 12.0. The first-order chi connectivity index (χ1) is 14.4. The number of nitrogens with one attached hydrogen (secondary N) is 1. The van der Waals surface area contributed by atoms with E-state index in [0.717, 1.165) is 17.5 Å². The van der Waals surface area contributed by atoms with E-state index < -0.39 is 53.2 Å². The first kappa shape index (κ1) is 22.7. The van der Waals surface area contributed by atoms with Gasteiger partial charge < -0.3 is 30.1 Å². The first-order valence-corrected chi connectivity index (χ1v) is 13.2. The summed E-state index contributed by atoms with van der Waals surface area (Å²) < 4.78 is 41.6. The molecule has 17 heteroatoms. The lowest BCUT2D eigenvalue weighted by atomic mass is 10.1. The smallest absolute Gasteiger partial charge is 0.340 e. The van der Waals surface area contributed by atoms with Crippen LogP contribution >= 0.6 is 19.2 Å². The summed E-state index contributed by atoms with van der Waals surface area (Å²) >= 11 is 6.00. The van der Waals surface area contributed by atoms with Crippen LogP contribution in [-0.4, -0.2) is 89.5 Å². The second-order valence-corrected chi connectivity index (χ2v) is 12.1. The summed E-state index contributed by atoms with van der Waals surface area (Å²) in [5.74, 6) is -0.0459. The van der Waals surface area contributed by atoms with Crippen molar-refractivity contribution in [3.63, 3.8) is 0 Å². The lowest BCUT2D eigenvalue weighted by Gasteiger charge is -2.15. The Morgan fingerprint density at radius 3 is 2.58 bits per heavy atom. The number of hydrogen-bond acceptors (Lipinski definition) is 11. The van der Waals surface area contributed by atoms with Crippen molar-refractivity contribution in [2.24, 2.45) is 5.92 Å². The summed E-state index contributed by atoms with van der Waals surface area (Å²) in [6, 6.07) is 0. The average molecular weight is 499 g/mol. The van der Waals surface area contributed by atoms with Crippen molar-refractivity contribution in [3.05, 3.63) is 5.28 Å². The van der Waals surface area contributed by atoms with Crippen LogP contribution in [0.2, 0.25) is 5.28 Å². The van der Waals surface area contributed by atoms with Gasteiger partial charge >= 0.3 is 7.60 Å². The summed E-state index contributed by atoms with van der Waals surface area (Å²) in [6.07, 6.45) is -3.89. The SMILES string of the molecule is O=P(O)(O)CS(=O)(=O)C[C@H]1O[C@@H](n2nnc3c(NCC4CC4)nc(Cl)nc32)[C@H](O)[C@@H]1O. The van der Waals surface area contributed by atoms with Gasteiger partial charge in [-0.05, 0) is 30.4 Å². The lowest BCUT2D eigenvalue weighted by molar-refractivity contribution is -0.0375. The molecule has 0 unspecified atom stereocenters. The molecule has 0 aromatic carbocycles. The Kier molecular flexibility index (Phi) is 5.98. The van der Waals surface area contributed by atoms with Crippen LogP contribution in [0.15, 0.2) is 0 Å². The largest absolute Gasteiger partial charge is 0.387 e. The van der Waals surface area contributed by atoms with Crippen LogP contribution in [0.1, 0.15) is 19.1 Å². The molecule has 172 valence electrons. The summed E-state index contributed by atoms with van der Waals surface area (Å²) in [7, 11) is -9.15. The molecule has 2 aliphatic rings. The molecule has 1 aliphatic carbocycles. The summed E-state index contributed by atoms with van der Waals surface area (Å²) in [4.78, 5) is 26.0. The van der Waals surface area contributed by atoms with E-state index in [0.29, 0.717) is 18.3 Å². The number of hydrogen-bond donors (Lipinski definition) is 5. The molecule has 0 spiro atoms. The fourth-order valence-corrected chi connectivity index (χ4v) is 6.70. The third-order valence-corrected chi connectivity index (χ3v) is 8.84. The van der Waals surface area contributed by atoms with Gasteiger partial charge in [0.05, 0.1) is 5.75 Å². The molecule has 0 radical (unpaired) electrons. The number of nitrogens with zero attached hydrogens (tertiary/aromatic N) is 5. The number of anilines is 1. The summed E-state index contributed by atoms with van der Waals surface area (Å²) in [6.45, 7) is 0.663. The van der Waals surface area contributed by atoms with Crippen LogP contribution in [0.4, 0.5) is 5.82 Å². The number of sulfone groups is 1. The van der Waals surface area contributed by atoms with Crippen molar-refractivity contribution in [1.82, 2.24) is 25.0 Å². The van der Waals surface area contributed by atoms with Crippen molar-refractivity contribution in [1.29, 1.82) is 0 Å². The monoisotopic (exact) mass is 498 g/mol. The highest BCUT2D eigenvalue weighted by molar-refractivity contribution is 7.97. The second-order valence-electron chi connectivity index (χ2n) is 7.62. The fourth-order valence-electron chi connectivity index (χ4n) is 3.29. The van der Waals surface area contributed by atoms with Gasteiger partial charge in [-0.1, -0.05) is 5.21 Å². The summed E-state index contributed by atoms with van der Waals surface area (Å²) in [5.41, 5.74) is -1.07. The highest BCUT2D eigenvalue weighted by atomic mass is 35.5. The zero-order chi connectivity index (χ0) is 22.6. The Bertz CT molecular complexity index is 1140. The zero-order valence-corrected chi connectivity index (χ0v) is 18.3. The number of halogens is 1. The molecule has 0 bridgehead atoms. The Hall–Kier alpha value is -1.45. The van der Waals surface area contributed by atoms with Crippen LogP contribution in [-0.2, 0) is 19.1 Å². The van der Waals surface area contributed by atoms with Gasteiger partial charge in [0.15, 0.2) is 38.5 Å². The van der Waals surface area contributed by atoms with E-state index in [1.165, 1.54) is 0 Å². The molecule has 0 amide bonds. The van der Waals surface area contributed by atoms with Crippen LogP contribution in [0.3, 0.4) is 0 Å². The van der Waals surface area contributed by atoms with Crippen molar-refractivity contribution < 1.29 is 37.7 Å². The number of ether oxygens (including phenoxy) is 1. The molecular formula is C14H20ClN6O8PS. The lowest BCUT2D eigenvalue weighted by Crippen LogP contribution is -2.36. The van der Waals surface area contributed by atoms with Crippen molar-refractivity contribution >= 4 is 46.0 Å². The third kappa shape index (κ3) is 5.14. The summed E-state index contributed by atoms with van der Waals surface area (Å²) in [5, 5.41) is 31.5. The number of rotatable bonds is 8. The van der Waals surface area contributed by atoms with Gasteiger partial charge in [-0.3, -0.25) is 4.57 Å². The van der Waals surface area contributed by atoms with Gasteiger partial charge in [-0.25, -0.2) is 8.42 Å². The molecule has 2 aromatic rings. The quantitative estimate of drug-likeness (QED) is 0.215. The standard InChI is InChI=1S/C14H20ClN6O8PS/c15-14-17-11(16-3-6-1-2-6)8-12(18-14)21(20-19-8)13-10(23)9(22)7(29-13)4-31(27,28)5-30(24,25)26/h6-7,9-10,13,22-23H,1-5H2,(H,16,17,18)(H2,24,25,26)/t7-,9-,10-,13-/m1/s1. The van der Waals surface area contributed by atoms with E-state index in [9.17, 15) is 23.2 Å². The number of aliphatic hydroxyl groups excluding tert-OH is 2. The van der Waals surface area contributed by atoms with Gasteiger partial charge in [0.1, 0.15) is 18.3 Å². The molecule has 1 saturated heterocycles. The Labute approximate surface area is 180 Å². The first-order valence-electron chi connectivity index (χ1n) is 9.22. The molecule has 1 aliphatic heterocycles. The molecule has 2 aromatic heterocycles. The zero-order valence-electron chi connectivity index (χ0n) is 15.8. The molecule has 4 rings (SSSR count). The minimum absolute atomic E-state index is 0.0910. The van der Waals surface area contributed by atoms with Crippen LogP contribution < -0.4 is 5.32 Å². The van der Waals surface area contributed by atoms with Crippen LogP contribution in [0.25, 0.3) is 11.2 Å². The average Bonchev–Trinajstić information content (AvgIpc) is 3.32. The van der Waals surface area contributed by atoms with Crippen molar-refractivity contribution in [2.75, 3.05) is 23.1 Å². The molecule has 3 heterocycles. The van der Waals surface area contributed by atoms with Gasteiger partial charge in [0.2, 0.25) is 5.28 Å². The molecule has 4 atom stereocenters. The van der Waals surface area contributed by atoms with Gasteiger partial charge in [0.25, 0.3) is 0 Å². The van der Waals surface area contributed by atoms with E-state index in [4.69, 9.17) is 26.1 Å². The van der Waals surface area contributed by atoms with Gasteiger partial charge in [0, 0.05) is 6.54 Å². The molecule has 14 nitrogen and oxygen atoms in total. The molecular weight excluding hydrogens is 479 g/mol.